The van der Waals surface area contributed by atoms with E-state index < -0.39 is 0 Å². The molecule has 3 heterocycles. The number of amides is 1. The second kappa shape index (κ2) is 8.78. The van der Waals surface area contributed by atoms with Crippen molar-refractivity contribution in [3.63, 3.8) is 0 Å². The van der Waals surface area contributed by atoms with Crippen LogP contribution in [-0.2, 0) is 6.42 Å². The van der Waals surface area contributed by atoms with Crippen LogP contribution in [0.25, 0.3) is 0 Å². The summed E-state index contributed by atoms with van der Waals surface area (Å²) in [4.78, 5) is 25.1. The Morgan fingerprint density at radius 3 is 2.69 bits per heavy atom. The first kappa shape index (κ1) is 19.7. The molecule has 6 nitrogen and oxygen atoms in total. The maximum Gasteiger partial charge on any atom is 0.265 e. The molecule has 2 fully saturated rings. The summed E-state index contributed by atoms with van der Waals surface area (Å²) in [5.41, 5.74) is 0.844. The van der Waals surface area contributed by atoms with Gasteiger partial charge >= 0.3 is 0 Å². The molecular weight excluding hydrogens is 348 g/mol. The molecule has 0 spiro atoms. The van der Waals surface area contributed by atoms with Gasteiger partial charge < -0.3 is 19.8 Å². The van der Waals surface area contributed by atoms with E-state index in [0.717, 1.165) is 61.3 Å². The number of carbonyl (C=O) groups excluding carboxylic acids is 1. The van der Waals surface area contributed by atoms with Gasteiger partial charge in [0.15, 0.2) is 0 Å². The van der Waals surface area contributed by atoms with Crippen molar-refractivity contribution in [1.29, 1.82) is 0 Å². The number of likely N-dealkylation sites (tertiary alicyclic amines) is 1. The minimum Gasteiger partial charge on any atom is -0.396 e. The Morgan fingerprint density at radius 1 is 1.23 bits per heavy atom. The fourth-order valence-electron chi connectivity index (χ4n) is 4.08. The summed E-state index contributed by atoms with van der Waals surface area (Å²) < 4.78 is 0. The van der Waals surface area contributed by atoms with Crippen molar-refractivity contribution in [2.24, 2.45) is 11.8 Å². The molecule has 0 saturated carbocycles. The van der Waals surface area contributed by atoms with E-state index in [9.17, 15) is 9.90 Å². The van der Waals surface area contributed by atoms with Crippen molar-refractivity contribution < 1.29 is 9.90 Å². The summed E-state index contributed by atoms with van der Waals surface area (Å²) in [6.07, 6.45) is 2.06. The van der Waals surface area contributed by atoms with E-state index in [1.807, 2.05) is 11.8 Å². The molecule has 2 unspecified atom stereocenters. The van der Waals surface area contributed by atoms with E-state index >= 15 is 0 Å². The topological polar surface area (TPSA) is 59.9 Å². The van der Waals surface area contributed by atoms with Crippen molar-refractivity contribution in [2.45, 2.75) is 26.7 Å². The third-order valence-electron chi connectivity index (χ3n) is 5.74. The molecule has 0 aromatic carbocycles. The highest BCUT2D eigenvalue weighted by molar-refractivity contribution is 7.13. The van der Waals surface area contributed by atoms with Crippen molar-refractivity contribution >= 4 is 17.2 Å². The molecule has 2 aliphatic rings. The quantitative estimate of drug-likeness (QED) is 0.835. The van der Waals surface area contributed by atoms with Crippen molar-refractivity contribution in [2.75, 3.05) is 59.5 Å². The van der Waals surface area contributed by atoms with E-state index in [0.29, 0.717) is 12.5 Å². The average Bonchev–Trinajstić information content (AvgIpc) is 3.15. The Labute approximate surface area is 160 Å². The molecule has 1 amide bonds. The number of aliphatic hydroxyl groups excluding tert-OH is 1. The van der Waals surface area contributed by atoms with Gasteiger partial charge in [-0.2, -0.15) is 0 Å². The Bertz CT molecular complexity index is 621. The summed E-state index contributed by atoms with van der Waals surface area (Å²) in [6, 6.07) is 0. The van der Waals surface area contributed by atoms with Gasteiger partial charge in [-0.1, -0.05) is 6.92 Å². The standard InChI is InChI=1S/C19H32N4O2S/c1-4-17-20-14(2)18(26-17)19(25)23-11-15(16(12-23)13-24)10-22-7-5-6-21(3)8-9-22/h15-16,24H,4-13H2,1-3H3. The predicted molar refractivity (Wildman–Crippen MR) is 105 cm³/mol. The van der Waals surface area contributed by atoms with Gasteiger partial charge in [-0.05, 0) is 45.8 Å². The Hall–Kier alpha value is -1.02. The van der Waals surface area contributed by atoms with Crippen molar-refractivity contribution in [3.8, 4) is 0 Å². The van der Waals surface area contributed by atoms with Gasteiger partial charge in [0.25, 0.3) is 5.91 Å². The molecule has 7 heteroatoms. The second-order valence-corrected chi connectivity index (χ2v) is 8.83. The van der Waals surface area contributed by atoms with Crippen LogP contribution in [0, 0.1) is 18.8 Å². The van der Waals surface area contributed by atoms with Crippen LogP contribution in [-0.4, -0.2) is 90.2 Å². The van der Waals surface area contributed by atoms with E-state index in [-0.39, 0.29) is 18.4 Å². The van der Waals surface area contributed by atoms with Crippen molar-refractivity contribution in [1.82, 2.24) is 19.7 Å². The van der Waals surface area contributed by atoms with E-state index in [4.69, 9.17) is 0 Å². The predicted octanol–water partition coefficient (Wildman–Crippen LogP) is 1.33. The van der Waals surface area contributed by atoms with Crippen LogP contribution >= 0.6 is 11.3 Å². The summed E-state index contributed by atoms with van der Waals surface area (Å²) >= 11 is 1.52. The normalized spacial score (nSPS) is 25.6. The van der Waals surface area contributed by atoms with Crippen LogP contribution in [0.4, 0.5) is 0 Å². The Kier molecular flexibility index (Phi) is 6.66. The van der Waals surface area contributed by atoms with Gasteiger partial charge in [-0.3, -0.25) is 4.79 Å². The van der Waals surface area contributed by atoms with Crippen LogP contribution in [0.2, 0.25) is 0 Å². The summed E-state index contributed by atoms with van der Waals surface area (Å²) in [7, 11) is 2.18. The molecule has 2 saturated heterocycles. The smallest absolute Gasteiger partial charge is 0.265 e. The van der Waals surface area contributed by atoms with Crippen LogP contribution in [0.1, 0.15) is 33.7 Å². The number of aromatic nitrogens is 1. The van der Waals surface area contributed by atoms with Crippen molar-refractivity contribution in [3.05, 3.63) is 15.6 Å². The van der Waals surface area contributed by atoms with Gasteiger partial charge in [-0.25, -0.2) is 4.98 Å². The first-order valence-electron chi connectivity index (χ1n) is 9.79. The number of aliphatic hydroxyl groups is 1. The van der Waals surface area contributed by atoms with Gasteiger partial charge in [0, 0.05) is 45.2 Å². The minimum absolute atomic E-state index is 0.0937. The molecule has 0 radical (unpaired) electrons. The third kappa shape index (κ3) is 4.44. The SMILES string of the molecule is CCc1nc(C)c(C(=O)N2CC(CO)C(CN3CCCN(C)CC3)C2)s1. The lowest BCUT2D eigenvalue weighted by Gasteiger charge is -2.26. The van der Waals surface area contributed by atoms with Crippen LogP contribution in [0.15, 0.2) is 0 Å². The number of nitrogens with zero attached hydrogens (tertiary/aromatic N) is 4. The fraction of sp³-hybridized carbons (Fsp3) is 0.789. The van der Waals surface area contributed by atoms with E-state index in [2.05, 4.69) is 28.8 Å². The van der Waals surface area contributed by atoms with Gasteiger partial charge in [0.1, 0.15) is 4.88 Å². The fourth-order valence-corrected chi connectivity index (χ4v) is 5.05. The molecule has 146 valence electrons. The van der Waals surface area contributed by atoms with E-state index in [1.54, 1.807) is 0 Å². The molecule has 0 bridgehead atoms. The highest BCUT2D eigenvalue weighted by atomic mass is 32.1. The van der Waals surface area contributed by atoms with Crippen LogP contribution < -0.4 is 0 Å². The number of hydrogen-bond acceptors (Lipinski definition) is 6. The van der Waals surface area contributed by atoms with E-state index in [1.165, 1.54) is 17.8 Å². The number of carbonyl (C=O) groups is 1. The lowest BCUT2D eigenvalue weighted by molar-refractivity contribution is 0.0783. The zero-order chi connectivity index (χ0) is 18.7. The van der Waals surface area contributed by atoms with Gasteiger partial charge in [0.05, 0.1) is 10.7 Å². The van der Waals surface area contributed by atoms with Gasteiger partial charge in [0.2, 0.25) is 0 Å². The first-order chi connectivity index (χ1) is 12.5. The monoisotopic (exact) mass is 380 g/mol. The molecular formula is C19H32N4O2S. The number of thiazole rings is 1. The maximum atomic E-state index is 13.0. The molecule has 1 aromatic rings. The van der Waals surface area contributed by atoms with Crippen LogP contribution in [0.3, 0.4) is 0 Å². The molecule has 26 heavy (non-hydrogen) atoms. The molecule has 2 atom stereocenters. The summed E-state index contributed by atoms with van der Waals surface area (Å²) in [5.74, 6) is 0.626. The first-order valence-corrected chi connectivity index (χ1v) is 10.6. The zero-order valence-electron chi connectivity index (χ0n) is 16.3. The third-order valence-corrected chi connectivity index (χ3v) is 7.03. The molecule has 0 aliphatic carbocycles. The number of hydrogen-bond donors (Lipinski definition) is 1. The highest BCUT2D eigenvalue weighted by Gasteiger charge is 2.37. The largest absolute Gasteiger partial charge is 0.396 e. The molecule has 3 rings (SSSR count). The highest BCUT2D eigenvalue weighted by Crippen LogP contribution is 2.28. The molecule has 1 N–H and O–H groups in total. The Morgan fingerprint density at radius 2 is 2.00 bits per heavy atom. The Balaban J connectivity index is 1.64. The minimum atomic E-state index is 0.0937. The number of aryl methyl sites for hydroxylation is 2. The lowest BCUT2D eigenvalue weighted by Crippen LogP contribution is -2.36. The number of rotatable bonds is 5. The average molecular weight is 381 g/mol. The molecule has 2 aliphatic heterocycles. The summed E-state index contributed by atoms with van der Waals surface area (Å²) in [5, 5.41) is 10.9. The van der Waals surface area contributed by atoms with Gasteiger partial charge in [-0.15, -0.1) is 11.3 Å². The number of likely N-dealkylation sites (N-methyl/N-ethyl adjacent to an activating group) is 1. The lowest BCUT2D eigenvalue weighted by atomic mass is 9.96. The zero-order valence-corrected chi connectivity index (χ0v) is 17.1. The second-order valence-electron chi connectivity index (χ2n) is 7.75. The molecule has 1 aromatic heterocycles. The maximum absolute atomic E-state index is 13.0. The van der Waals surface area contributed by atoms with Crippen LogP contribution in [0.5, 0.6) is 0 Å². The summed E-state index contributed by atoms with van der Waals surface area (Å²) in [6.45, 7) is 11.0.